The second-order valence-corrected chi connectivity index (χ2v) is 7.13. The van der Waals surface area contributed by atoms with Gasteiger partial charge in [-0.15, -0.1) is 0 Å². The summed E-state index contributed by atoms with van der Waals surface area (Å²) in [6.07, 6.45) is 0. The van der Waals surface area contributed by atoms with Crippen molar-refractivity contribution in [1.82, 2.24) is 0 Å². The molecule has 0 nitrogen and oxygen atoms in total. The average molecular weight is 406 g/mol. The third-order valence-electron chi connectivity index (χ3n) is 4.84. The normalized spacial score (nSPS) is 10.1. The van der Waals surface area contributed by atoms with Crippen LogP contribution in [0.1, 0.15) is 44.5 Å². The standard InChI is InChI=1S/C26H18F4/c1-15-9-17(3)21(10-16(15)2)7-5-19-13-25(29)22(26(30)14-19)8-6-20-11-23(27)18(4)24(28)12-20/h9-14H,1-4H3. The fourth-order valence-corrected chi connectivity index (χ4v) is 2.85. The van der Waals surface area contributed by atoms with E-state index in [0.717, 1.165) is 46.5 Å². The van der Waals surface area contributed by atoms with Crippen molar-refractivity contribution in [2.75, 3.05) is 0 Å². The predicted molar refractivity (Wildman–Crippen MR) is 110 cm³/mol. The van der Waals surface area contributed by atoms with Crippen molar-refractivity contribution in [2.45, 2.75) is 27.7 Å². The number of hydrogen-bond acceptors (Lipinski definition) is 0. The van der Waals surface area contributed by atoms with Gasteiger partial charge in [-0.1, -0.05) is 29.7 Å². The van der Waals surface area contributed by atoms with Gasteiger partial charge in [-0.25, -0.2) is 17.6 Å². The van der Waals surface area contributed by atoms with Crippen LogP contribution >= 0.6 is 0 Å². The average Bonchev–Trinajstić information content (AvgIpc) is 2.67. The molecule has 150 valence electrons. The van der Waals surface area contributed by atoms with Crippen molar-refractivity contribution < 1.29 is 17.6 Å². The van der Waals surface area contributed by atoms with Crippen LogP contribution in [-0.4, -0.2) is 0 Å². The summed E-state index contributed by atoms with van der Waals surface area (Å²) in [5, 5.41) is 0. The van der Waals surface area contributed by atoms with Crippen LogP contribution in [0.15, 0.2) is 36.4 Å². The molecule has 0 amide bonds. The Morgan fingerprint density at radius 2 is 0.967 bits per heavy atom. The van der Waals surface area contributed by atoms with Gasteiger partial charge in [-0.3, -0.25) is 0 Å². The van der Waals surface area contributed by atoms with Crippen molar-refractivity contribution in [1.29, 1.82) is 0 Å². The van der Waals surface area contributed by atoms with E-state index in [-0.39, 0.29) is 16.7 Å². The van der Waals surface area contributed by atoms with Crippen LogP contribution < -0.4 is 0 Å². The van der Waals surface area contributed by atoms with E-state index in [1.165, 1.54) is 6.92 Å². The summed E-state index contributed by atoms with van der Waals surface area (Å²) < 4.78 is 56.0. The third kappa shape index (κ3) is 4.56. The van der Waals surface area contributed by atoms with Crippen LogP contribution in [0.25, 0.3) is 0 Å². The molecule has 0 heterocycles. The van der Waals surface area contributed by atoms with Gasteiger partial charge < -0.3 is 0 Å². The minimum Gasteiger partial charge on any atom is -0.207 e. The Labute approximate surface area is 173 Å². The van der Waals surface area contributed by atoms with Crippen LogP contribution in [-0.2, 0) is 0 Å². The quantitative estimate of drug-likeness (QED) is 0.305. The third-order valence-corrected chi connectivity index (χ3v) is 4.84. The molecule has 3 rings (SSSR count). The molecule has 0 aromatic heterocycles. The molecule has 3 aromatic carbocycles. The predicted octanol–water partition coefficient (Wildman–Crippen LogP) is 6.28. The zero-order valence-electron chi connectivity index (χ0n) is 17.0. The monoisotopic (exact) mass is 406 g/mol. The Bertz CT molecular complexity index is 1230. The molecule has 0 N–H and O–H groups in total. The van der Waals surface area contributed by atoms with Gasteiger partial charge in [0.2, 0.25) is 0 Å². The van der Waals surface area contributed by atoms with E-state index in [9.17, 15) is 17.6 Å². The molecule has 0 aliphatic heterocycles. The molecule has 0 unspecified atom stereocenters. The fraction of sp³-hybridized carbons (Fsp3) is 0.154. The molecule has 0 atom stereocenters. The number of halogens is 4. The number of benzene rings is 3. The van der Waals surface area contributed by atoms with Gasteiger partial charge in [0.25, 0.3) is 0 Å². The Hall–Kier alpha value is -3.50. The van der Waals surface area contributed by atoms with E-state index >= 15 is 0 Å². The molecule has 0 fully saturated rings. The summed E-state index contributed by atoms with van der Waals surface area (Å²) in [5.74, 6) is 7.11. The smallest absolute Gasteiger partial charge is 0.143 e. The molecule has 0 radical (unpaired) electrons. The van der Waals surface area contributed by atoms with Gasteiger partial charge in [0.15, 0.2) is 0 Å². The van der Waals surface area contributed by atoms with Gasteiger partial charge in [0, 0.05) is 22.3 Å². The highest BCUT2D eigenvalue weighted by molar-refractivity contribution is 5.52. The number of aryl methyl sites for hydroxylation is 3. The molecular weight excluding hydrogens is 388 g/mol. The Balaban J connectivity index is 1.94. The van der Waals surface area contributed by atoms with Crippen LogP contribution in [0.4, 0.5) is 17.6 Å². The zero-order valence-corrected chi connectivity index (χ0v) is 17.0. The summed E-state index contributed by atoms with van der Waals surface area (Å²) in [5.41, 5.74) is 3.52. The minimum absolute atomic E-state index is 0.0107. The lowest BCUT2D eigenvalue weighted by molar-refractivity contribution is 0.567. The summed E-state index contributed by atoms with van der Waals surface area (Å²) in [7, 11) is 0. The van der Waals surface area contributed by atoms with Crippen LogP contribution in [0.3, 0.4) is 0 Å². The fourth-order valence-electron chi connectivity index (χ4n) is 2.85. The highest BCUT2D eigenvalue weighted by atomic mass is 19.1. The van der Waals surface area contributed by atoms with E-state index in [0.29, 0.717) is 0 Å². The van der Waals surface area contributed by atoms with Crippen LogP contribution in [0.2, 0.25) is 0 Å². The number of hydrogen-bond donors (Lipinski definition) is 0. The lowest BCUT2D eigenvalue weighted by Crippen LogP contribution is -1.94. The molecule has 0 saturated heterocycles. The Morgan fingerprint density at radius 3 is 1.53 bits per heavy atom. The summed E-state index contributed by atoms with van der Waals surface area (Å²) in [6, 6.07) is 8.17. The van der Waals surface area contributed by atoms with Crippen LogP contribution in [0, 0.1) is 74.6 Å². The maximum atomic E-state index is 14.4. The van der Waals surface area contributed by atoms with Crippen molar-refractivity contribution >= 4 is 0 Å². The summed E-state index contributed by atoms with van der Waals surface area (Å²) >= 11 is 0. The Kier molecular flexibility index (Phi) is 5.99. The summed E-state index contributed by atoms with van der Waals surface area (Å²) in [6.45, 7) is 7.19. The van der Waals surface area contributed by atoms with Gasteiger partial charge >= 0.3 is 0 Å². The molecular formula is C26H18F4. The van der Waals surface area contributed by atoms with Crippen molar-refractivity contribution in [3.63, 3.8) is 0 Å². The largest absolute Gasteiger partial charge is 0.207 e. The highest BCUT2D eigenvalue weighted by Gasteiger charge is 2.10. The van der Waals surface area contributed by atoms with Crippen LogP contribution in [0.5, 0.6) is 0 Å². The molecule has 0 spiro atoms. The van der Waals surface area contributed by atoms with E-state index in [1.54, 1.807) is 0 Å². The van der Waals surface area contributed by atoms with E-state index < -0.39 is 28.8 Å². The first kappa shape index (κ1) is 21.2. The first-order valence-corrected chi connectivity index (χ1v) is 9.22. The molecule has 0 aliphatic rings. The van der Waals surface area contributed by atoms with Crippen molar-refractivity contribution in [3.8, 4) is 23.7 Å². The minimum atomic E-state index is -0.892. The molecule has 0 bridgehead atoms. The maximum Gasteiger partial charge on any atom is 0.143 e. The second kappa shape index (κ2) is 8.47. The van der Waals surface area contributed by atoms with E-state index in [2.05, 4.69) is 23.7 Å². The van der Waals surface area contributed by atoms with E-state index in [1.807, 2.05) is 32.9 Å². The second-order valence-electron chi connectivity index (χ2n) is 7.13. The lowest BCUT2D eigenvalue weighted by atomic mass is 10.0. The Morgan fingerprint density at radius 1 is 0.500 bits per heavy atom. The molecule has 4 heteroatoms. The maximum absolute atomic E-state index is 14.4. The van der Waals surface area contributed by atoms with Crippen molar-refractivity contribution in [3.05, 3.63) is 104 Å². The first-order chi connectivity index (χ1) is 14.2. The molecule has 3 aromatic rings. The van der Waals surface area contributed by atoms with Gasteiger partial charge in [0.1, 0.15) is 23.3 Å². The molecule has 30 heavy (non-hydrogen) atoms. The van der Waals surface area contributed by atoms with Gasteiger partial charge in [-0.05, 0) is 74.7 Å². The van der Waals surface area contributed by atoms with Gasteiger partial charge in [-0.2, -0.15) is 0 Å². The molecule has 0 saturated carbocycles. The zero-order chi connectivity index (χ0) is 22.0. The first-order valence-electron chi connectivity index (χ1n) is 9.22. The molecule has 0 aliphatic carbocycles. The number of rotatable bonds is 0. The summed E-state index contributed by atoms with van der Waals surface area (Å²) in [4.78, 5) is 0. The van der Waals surface area contributed by atoms with E-state index in [4.69, 9.17) is 0 Å². The lowest BCUT2D eigenvalue weighted by Gasteiger charge is -2.04. The van der Waals surface area contributed by atoms with Gasteiger partial charge in [0.05, 0.1) is 5.56 Å². The SMILES string of the molecule is Cc1cc(C)c(C#Cc2cc(F)c(C#Cc3cc(F)c(C)c(F)c3)c(F)c2)cc1C. The van der Waals surface area contributed by atoms with Crippen molar-refractivity contribution in [2.24, 2.45) is 0 Å². The topological polar surface area (TPSA) is 0 Å². The highest BCUT2D eigenvalue weighted by Crippen LogP contribution is 2.18.